The van der Waals surface area contributed by atoms with Crippen molar-refractivity contribution in [3.05, 3.63) is 65.5 Å². The molecule has 0 spiro atoms. The van der Waals surface area contributed by atoms with E-state index in [4.69, 9.17) is 4.74 Å². The Balaban J connectivity index is 1.99. The van der Waals surface area contributed by atoms with E-state index in [1.165, 1.54) is 12.1 Å². The third-order valence-electron chi connectivity index (χ3n) is 3.44. The lowest BCUT2D eigenvalue weighted by Crippen LogP contribution is -2.28. The van der Waals surface area contributed by atoms with E-state index in [-0.39, 0.29) is 17.6 Å². The molecule has 1 unspecified atom stereocenters. The minimum Gasteiger partial charge on any atom is -0.493 e. The molecule has 116 valence electrons. The SMILES string of the molecule is CCOc1ccccc1C(=O)NCC(C)c1ccc(F)cc1. The standard InChI is InChI=1S/C18H20FNO2/c1-3-22-17-7-5-4-6-16(17)18(21)20-12-13(2)14-8-10-15(19)11-9-14/h4-11,13H,3,12H2,1-2H3,(H,20,21). The smallest absolute Gasteiger partial charge is 0.255 e. The van der Waals surface area contributed by atoms with Crippen molar-refractivity contribution in [3.63, 3.8) is 0 Å². The lowest BCUT2D eigenvalue weighted by atomic mass is 10.0. The van der Waals surface area contributed by atoms with Gasteiger partial charge in [0.15, 0.2) is 0 Å². The average molecular weight is 301 g/mol. The van der Waals surface area contributed by atoms with Crippen molar-refractivity contribution in [1.29, 1.82) is 0 Å². The molecule has 0 fully saturated rings. The van der Waals surface area contributed by atoms with Crippen LogP contribution < -0.4 is 10.1 Å². The minimum atomic E-state index is -0.259. The first kappa shape index (κ1) is 16.0. The van der Waals surface area contributed by atoms with Crippen LogP contribution in [0.1, 0.15) is 35.7 Å². The predicted molar refractivity (Wildman–Crippen MR) is 84.8 cm³/mol. The van der Waals surface area contributed by atoms with Gasteiger partial charge in [-0.3, -0.25) is 4.79 Å². The number of nitrogens with one attached hydrogen (secondary N) is 1. The number of hydrogen-bond donors (Lipinski definition) is 1. The second kappa shape index (κ2) is 7.59. The third kappa shape index (κ3) is 4.07. The molecule has 2 aromatic rings. The third-order valence-corrected chi connectivity index (χ3v) is 3.44. The predicted octanol–water partition coefficient (Wildman–Crippen LogP) is 3.76. The van der Waals surface area contributed by atoms with E-state index in [9.17, 15) is 9.18 Å². The van der Waals surface area contributed by atoms with Crippen molar-refractivity contribution in [2.75, 3.05) is 13.2 Å². The quantitative estimate of drug-likeness (QED) is 0.882. The number of para-hydroxylation sites is 1. The Morgan fingerprint density at radius 3 is 2.55 bits per heavy atom. The fourth-order valence-corrected chi connectivity index (χ4v) is 2.19. The molecule has 4 heteroatoms. The summed E-state index contributed by atoms with van der Waals surface area (Å²) in [6, 6.07) is 13.5. The molecule has 2 aromatic carbocycles. The van der Waals surface area contributed by atoms with Gasteiger partial charge in [0.1, 0.15) is 11.6 Å². The van der Waals surface area contributed by atoms with Crippen molar-refractivity contribution in [2.45, 2.75) is 19.8 Å². The number of hydrogen-bond acceptors (Lipinski definition) is 2. The maximum absolute atomic E-state index is 12.9. The van der Waals surface area contributed by atoms with Crippen LogP contribution in [0.2, 0.25) is 0 Å². The first-order valence-electron chi connectivity index (χ1n) is 7.37. The molecule has 2 rings (SSSR count). The van der Waals surface area contributed by atoms with Crippen LogP contribution in [0, 0.1) is 5.82 Å². The Kier molecular flexibility index (Phi) is 5.53. The first-order valence-corrected chi connectivity index (χ1v) is 7.37. The number of halogens is 1. The highest BCUT2D eigenvalue weighted by atomic mass is 19.1. The molecule has 0 bridgehead atoms. The number of rotatable bonds is 6. The highest BCUT2D eigenvalue weighted by molar-refractivity contribution is 5.96. The Bertz CT molecular complexity index is 625. The molecule has 0 aromatic heterocycles. The average Bonchev–Trinajstić information content (AvgIpc) is 2.54. The normalized spacial score (nSPS) is 11.8. The monoisotopic (exact) mass is 301 g/mol. The molecule has 1 N–H and O–H groups in total. The Hall–Kier alpha value is -2.36. The molecule has 0 saturated heterocycles. The summed E-state index contributed by atoms with van der Waals surface area (Å²) >= 11 is 0. The van der Waals surface area contributed by atoms with E-state index in [1.54, 1.807) is 30.3 Å². The molecule has 22 heavy (non-hydrogen) atoms. The summed E-state index contributed by atoms with van der Waals surface area (Å²) in [4.78, 5) is 12.3. The molecule has 3 nitrogen and oxygen atoms in total. The van der Waals surface area contributed by atoms with Gasteiger partial charge in [-0.25, -0.2) is 4.39 Å². The van der Waals surface area contributed by atoms with Gasteiger partial charge in [-0.05, 0) is 42.7 Å². The highest BCUT2D eigenvalue weighted by Gasteiger charge is 2.13. The molecular formula is C18H20FNO2. The molecule has 0 aliphatic heterocycles. The summed E-state index contributed by atoms with van der Waals surface area (Å²) in [6.07, 6.45) is 0. The Labute approximate surface area is 130 Å². The number of amides is 1. The molecule has 0 aliphatic rings. The van der Waals surface area contributed by atoms with E-state index in [0.717, 1.165) is 5.56 Å². The summed E-state index contributed by atoms with van der Waals surface area (Å²) in [5.41, 5.74) is 1.51. The van der Waals surface area contributed by atoms with Crippen molar-refractivity contribution < 1.29 is 13.9 Å². The first-order chi connectivity index (χ1) is 10.6. The van der Waals surface area contributed by atoms with E-state index in [2.05, 4.69) is 5.32 Å². The molecular weight excluding hydrogens is 281 g/mol. The van der Waals surface area contributed by atoms with Gasteiger partial charge in [0.25, 0.3) is 5.91 Å². The van der Waals surface area contributed by atoms with Crippen LogP contribution >= 0.6 is 0 Å². The lowest BCUT2D eigenvalue weighted by molar-refractivity contribution is 0.0948. The van der Waals surface area contributed by atoms with Gasteiger partial charge in [-0.15, -0.1) is 0 Å². The number of benzene rings is 2. The molecule has 0 aliphatic carbocycles. The van der Waals surface area contributed by atoms with E-state index in [0.29, 0.717) is 24.5 Å². The molecule has 0 radical (unpaired) electrons. The zero-order valence-electron chi connectivity index (χ0n) is 12.8. The largest absolute Gasteiger partial charge is 0.493 e. The van der Waals surface area contributed by atoms with Gasteiger partial charge < -0.3 is 10.1 Å². The van der Waals surface area contributed by atoms with Crippen LogP contribution in [-0.2, 0) is 0 Å². The summed E-state index contributed by atoms with van der Waals surface area (Å²) in [5, 5.41) is 2.90. The van der Waals surface area contributed by atoms with Gasteiger partial charge in [0.05, 0.1) is 12.2 Å². The molecule has 1 atom stereocenters. The van der Waals surface area contributed by atoms with Crippen LogP contribution in [0.25, 0.3) is 0 Å². The van der Waals surface area contributed by atoms with Crippen molar-refractivity contribution in [2.24, 2.45) is 0 Å². The topological polar surface area (TPSA) is 38.3 Å². The minimum absolute atomic E-state index is 0.101. The summed E-state index contributed by atoms with van der Waals surface area (Å²) in [5.74, 6) is 0.254. The van der Waals surface area contributed by atoms with Crippen LogP contribution in [0.5, 0.6) is 5.75 Å². The van der Waals surface area contributed by atoms with Crippen LogP contribution in [0.3, 0.4) is 0 Å². The van der Waals surface area contributed by atoms with Gasteiger partial charge in [0.2, 0.25) is 0 Å². The van der Waals surface area contributed by atoms with Crippen LogP contribution in [0.15, 0.2) is 48.5 Å². The van der Waals surface area contributed by atoms with Gasteiger partial charge in [-0.1, -0.05) is 31.2 Å². The Morgan fingerprint density at radius 1 is 1.18 bits per heavy atom. The zero-order valence-corrected chi connectivity index (χ0v) is 12.8. The fourth-order valence-electron chi connectivity index (χ4n) is 2.19. The van der Waals surface area contributed by atoms with Gasteiger partial charge >= 0.3 is 0 Å². The number of carbonyl (C=O) groups is 1. The lowest BCUT2D eigenvalue weighted by Gasteiger charge is -2.14. The molecule has 1 amide bonds. The summed E-state index contributed by atoms with van der Waals surface area (Å²) in [6.45, 7) is 4.86. The van der Waals surface area contributed by atoms with Crippen LogP contribution in [-0.4, -0.2) is 19.1 Å². The maximum atomic E-state index is 12.9. The summed E-state index contributed by atoms with van der Waals surface area (Å²) < 4.78 is 18.4. The second-order valence-electron chi connectivity index (χ2n) is 5.09. The van der Waals surface area contributed by atoms with E-state index in [1.807, 2.05) is 19.9 Å². The van der Waals surface area contributed by atoms with Crippen LogP contribution in [0.4, 0.5) is 4.39 Å². The van der Waals surface area contributed by atoms with Crippen molar-refractivity contribution >= 4 is 5.91 Å². The van der Waals surface area contributed by atoms with Gasteiger partial charge in [-0.2, -0.15) is 0 Å². The highest BCUT2D eigenvalue weighted by Crippen LogP contribution is 2.19. The van der Waals surface area contributed by atoms with Crippen molar-refractivity contribution in [3.8, 4) is 5.75 Å². The second-order valence-corrected chi connectivity index (χ2v) is 5.09. The van der Waals surface area contributed by atoms with E-state index >= 15 is 0 Å². The maximum Gasteiger partial charge on any atom is 0.255 e. The zero-order chi connectivity index (χ0) is 15.9. The van der Waals surface area contributed by atoms with E-state index < -0.39 is 0 Å². The van der Waals surface area contributed by atoms with Gasteiger partial charge in [0, 0.05) is 6.54 Å². The number of ether oxygens (including phenoxy) is 1. The molecule has 0 saturated carbocycles. The molecule has 0 heterocycles. The fraction of sp³-hybridized carbons (Fsp3) is 0.278. The number of carbonyl (C=O) groups excluding carboxylic acids is 1. The Morgan fingerprint density at radius 2 is 1.86 bits per heavy atom. The summed E-state index contributed by atoms with van der Waals surface area (Å²) in [7, 11) is 0. The van der Waals surface area contributed by atoms with Crippen molar-refractivity contribution in [1.82, 2.24) is 5.32 Å².